The Balaban J connectivity index is 1.77. The number of piperazine rings is 1. The number of hydrogen-bond donors (Lipinski definition) is 1. The second-order valence-electron chi connectivity index (χ2n) is 4.98. The molecule has 1 saturated heterocycles. The van der Waals surface area contributed by atoms with Gasteiger partial charge in [0.15, 0.2) is 0 Å². The lowest BCUT2D eigenvalue weighted by atomic mass is 10.3. The molecule has 1 fully saturated rings. The lowest BCUT2D eigenvalue weighted by Crippen LogP contribution is -2.46. The van der Waals surface area contributed by atoms with E-state index in [4.69, 9.17) is 5.11 Å². The number of hydrogen-bond acceptors (Lipinski definition) is 5. The van der Waals surface area contributed by atoms with Gasteiger partial charge in [-0.2, -0.15) is 0 Å². The van der Waals surface area contributed by atoms with Gasteiger partial charge in [-0.3, -0.25) is 9.69 Å². The van der Waals surface area contributed by atoms with Gasteiger partial charge in [0.25, 0.3) is 0 Å². The molecule has 2 heterocycles. The van der Waals surface area contributed by atoms with E-state index in [1.807, 2.05) is 18.5 Å². The summed E-state index contributed by atoms with van der Waals surface area (Å²) in [5, 5.41) is 16.9. The lowest BCUT2D eigenvalue weighted by molar-refractivity contribution is -0.137. The van der Waals surface area contributed by atoms with Gasteiger partial charge in [0.1, 0.15) is 11.6 Å². The fraction of sp³-hybridized carbons (Fsp3) is 0.750. The van der Waals surface area contributed by atoms with Crippen molar-refractivity contribution in [1.82, 2.24) is 24.6 Å². The summed E-state index contributed by atoms with van der Waals surface area (Å²) in [6.45, 7) is 7.14. The number of rotatable bonds is 5. The van der Waals surface area contributed by atoms with Gasteiger partial charge in [0, 0.05) is 39.8 Å². The summed E-state index contributed by atoms with van der Waals surface area (Å²) in [5.41, 5.74) is 0. The van der Waals surface area contributed by atoms with Crippen molar-refractivity contribution >= 4 is 5.97 Å². The average Bonchev–Trinajstić information content (AvgIpc) is 2.70. The SMILES string of the molecule is Cc1nnc(CN2CCN(CCC(=O)O)CC2)n1C. The molecule has 0 amide bonds. The van der Waals surface area contributed by atoms with Crippen LogP contribution < -0.4 is 0 Å². The van der Waals surface area contributed by atoms with Crippen LogP contribution in [-0.2, 0) is 18.4 Å². The second kappa shape index (κ2) is 6.12. The Labute approximate surface area is 112 Å². The Morgan fingerprint density at radius 3 is 2.37 bits per heavy atom. The molecule has 1 N–H and O–H groups in total. The zero-order chi connectivity index (χ0) is 13.8. The molecule has 0 saturated carbocycles. The molecule has 1 aliphatic rings. The van der Waals surface area contributed by atoms with Gasteiger partial charge in [-0.15, -0.1) is 10.2 Å². The smallest absolute Gasteiger partial charge is 0.304 e. The maximum absolute atomic E-state index is 10.5. The summed E-state index contributed by atoms with van der Waals surface area (Å²) in [4.78, 5) is 15.1. The van der Waals surface area contributed by atoms with Crippen LogP contribution in [0.1, 0.15) is 18.1 Å². The average molecular weight is 267 g/mol. The van der Waals surface area contributed by atoms with Gasteiger partial charge in [0.05, 0.1) is 13.0 Å². The van der Waals surface area contributed by atoms with E-state index in [0.717, 1.165) is 44.4 Å². The summed E-state index contributed by atoms with van der Waals surface area (Å²) in [5.74, 6) is 1.18. The first-order valence-corrected chi connectivity index (χ1v) is 6.57. The minimum atomic E-state index is -0.725. The lowest BCUT2D eigenvalue weighted by Gasteiger charge is -2.34. The van der Waals surface area contributed by atoms with Crippen molar-refractivity contribution in [3.63, 3.8) is 0 Å². The Morgan fingerprint density at radius 2 is 1.84 bits per heavy atom. The zero-order valence-electron chi connectivity index (χ0n) is 11.5. The molecule has 7 heteroatoms. The first-order chi connectivity index (χ1) is 9.06. The van der Waals surface area contributed by atoms with Gasteiger partial charge >= 0.3 is 5.97 Å². The molecule has 0 spiro atoms. The number of carboxylic acids is 1. The van der Waals surface area contributed by atoms with E-state index < -0.39 is 5.97 Å². The van der Waals surface area contributed by atoms with E-state index in [1.54, 1.807) is 0 Å². The maximum Gasteiger partial charge on any atom is 0.304 e. The number of aryl methyl sites for hydroxylation is 1. The topological polar surface area (TPSA) is 74.5 Å². The molecule has 0 aliphatic carbocycles. The molecule has 1 aliphatic heterocycles. The minimum Gasteiger partial charge on any atom is -0.481 e. The number of nitrogens with zero attached hydrogens (tertiary/aromatic N) is 5. The van der Waals surface area contributed by atoms with Gasteiger partial charge < -0.3 is 14.6 Å². The molecule has 7 nitrogen and oxygen atoms in total. The van der Waals surface area contributed by atoms with Crippen molar-refractivity contribution in [3.8, 4) is 0 Å². The zero-order valence-corrected chi connectivity index (χ0v) is 11.5. The van der Waals surface area contributed by atoms with Crippen LogP contribution in [0.2, 0.25) is 0 Å². The van der Waals surface area contributed by atoms with E-state index in [0.29, 0.717) is 6.54 Å². The normalized spacial score (nSPS) is 17.8. The highest BCUT2D eigenvalue weighted by Gasteiger charge is 2.19. The molecule has 0 bridgehead atoms. The van der Waals surface area contributed by atoms with E-state index in [9.17, 15) is 4.79 Å². The van der Waals surface area contributed by atoms with Crippen molar-refractivity contribution in [2.45, 2.75) is 19.9 Å². The monoisotopic (exact) mass is 267 g/mol. The molecule has 1 aromatic heterocycles. The van der Waals surface area contributed by atoms with Crippen molar-refractivity contribution in [3.05, 3.63) is 11.6 Å². The van der Waals surface area contributed by atoms with Crippen LogP contribution in [0, 0.1) is 6.92 Å². The highest BCUT2D eigenvalue weighted by Crippen LogP contribution is 2.07. The Kier molecular flexibility index (Phi) is 4.49. The molecular weight excluding hydrogens is 246 g/mol. The predicted octanol–water partition coefficient (Wildman–Crippen LogP) is -0.284. The van der Waals surface area contributed by atoms with Crippen LogP contribution in [-0.4, -0.2) is 68.4 Å². The third kappa shape index (κ3) is 3.74. The van der Waals surface area contributed by atoms with Crippen molar-refractivity contribution < 1.29 is 9.90 Å². The molecule has 1 aromatic rings. The molecular formula is C12H21N5O2. The van der Waals surface area contributed by atoms with E-state index >= 15 is 0 Å². The summed E-state index contributed by atoms with van der Waals surface area (Å²) in [7, 11) is 1.98. The second-order valence-corrected chi connectivity index (χ2v) is 4.98. The Morgan fingerprint density at radius 1 is 1.21 bits per heavy atom. The first-order valence-electron chi connectivity index (χ1n) is 6.57. The number of carbonyl (C=O) groups is 1. The van der Waals surface area contributed by atoms with Gasteiger partial charge in [-0.25, -0.2) is 0 Å². The molecule has 0 radical (unpaired) electrons. The van der Waals surface area contributed by atoms with Crippen molar-refractivity contribution in [2.24, 2.45) is 7.05 Å². The van der Waals surface area contributed by atoms with Gasteiger partial charge in [0.2, 0.25) is 0 Å². The standard InChI is InChI=1S/C12H21N5O2/c1-10-13-14-11(15(10)2)9-17-7-5-16(6-8-17)4-3-12(18)19/h3-9H2,1-2H3,(H,18,19). The molecule has 0 atom stereocenters. The quantitative estimate of drug-likeness (QED) is 0.790. The molecule has 106 valence electrons. The number of aromatic nitrogens is 3. The summed E-state index contributed by atoms with van der Waals surface area (Å²) >= 11 is 0. The Bertz CT molecular complexity index is 437. The van der Waals surface area contributed by atoms with E-state index in [2.05, 4.69) is 20.0 Å². The molecule has 0 aromatic carbocycles. The third-order valence-electron chi connectivity index (χ3n) is 3.65. The fourth-order valence-corrected chi connectivity index (χ4v) is 2.21. The van der Waals surface area contributed by atoms with Crippen LogP contribution in [0.3, 0.4) is 0 Å². The van der Waals surface area contributed by atoms with Crippen LogP contribution in [0.5, 0.6) is 0 Å². The summed E-state index contributed by atoms with van der Waals surface area (Å²) in [6, 6.07) is 0. The highest BCUT2D eigenvalue weighted by molar-refractivity contribution is 5.66. The van der Waals surface area contributed by atoms with Crippen LogP contribution in [0.15, 0.2) is 0 Å². The van der Waals surface area contributed by atoms with Gasteiger partial charge in [-0.05, 0) is 6.92 Å². The van der Waals surface area contributed by atoms with Gasteiger partial charge in [-0.1, -0.05) is 0 Å². The summed E-state index contributed by atoms with van der Waals surface area (Å²) in [6.07, 6.45) is 0.225. The van der Waals surface area contributed by atoms with Crippen LogP contribution in [0.4, 0.5) is 0 Å². The highest BCUT2D eigenvalue weighted by atomic mass is 16.4. The number of aliphatic carboxylic acids is 1. The molecule has 19 heavy (non-hydrogen) atoms. The molecule has 0 unspecified atom stereocenters. The largest absolute Gasteiger partial charge is 0.481 e. The number of carboxylic acid groups (broad SMARTS) is 1. The summed E-state index contributed by atoms with van der Waals surface area (Å²) < 4.78 is 2.01. The van der Waals surface area contributed by atoms with Crippen LogP contribution >= 0.6 is 0 Å². The first kappa shape index (κ1) is 14.0. The minimum absolute atomic E-state index is 0.225. The van der Waals surface area contributed by atoms with Crippen molar-refractivity contribution in [1.29, 1.82) is 0 Å². The predicted molar refractivity (Wildman–Crippen MR) is 69.7 cm³/mol. The fourth-order valence-electron chi connectivity index (χ4n) is 2.21. The van der Waals surface area contributed by atoms with E-state index in [1.165, 1.54) is 0 Å². The third-order valence-corrected chi connectivity index (χ3v) is 3.65. The van der Waals surface area contributed by atoms with Crippen molar-refractivity contribution in [2.75, 3.05) is 32.7 Å². The van der Waals surface area contributed by atoms with Crippen LogP contribution in [0.25, 0.3) is 0 Å². The maximum atomic E-state index is 10.5. The molecule has 2 rings (SSSR count). The van der Waals surface area contributed by atoms with E-state index in [-0.39, 0.29) is 6.42 Å². The Hall–Kier alpha value is -1.47.